The van der Waals surface area contributed by atoms with Gasteiger partial charge in [-0.2, -0.15) is 4.31 Å². The monoisotopic (exact) mass is 366 g/mol. The average Bonchev–Trinajstić information content (AvgIpc) is 2.75. The van der Waals surface area contributed by atoms with E-state index in [2.05, 4.69) is 5.32 Å². The van der Waals surface area contributed by atoms with E-state index in [0.29, 0.717) is 36.1 Å². The van der Waals surface area contributed by atoms with E-state index in [1.165, 1.54) is 11.3 Å². The molecule has 4 nitrogen and oxygen atoms in total. The lowest BCUT2D eigenvalue weighted by Gasteiger charge is -2.26. The van der Waals surface area contributed by atoms with Gasteiger partial charge < -0.3 is 5.32 Å². The molecule has 116 valence electrons. The van der Waals surface area contributed by atoms with Crippen molar-refractivity contribution in [3.05, 3.63) is 28.1 Å². The minimum absolute atomic E-state index is 0. The number of piperazine rings is 1. The summed E-state index contributed by atoms with van der Waals surface area (Å²) in [6, 6.07) is 5.42. The Balaban J connectivity index is 0.00000161. The lowest BCUT2D eigenvalue weighted by molar-refractivity contribution is 0.360. The zero-order valence-corrected chi connectivity index (χ0v) is 14.6. The highest BCUT2D eigenvalue weighted by molar-refractivity contribution is 7.89. The quantitative estimate of drug-likeness (QED) is 0.888. The third-order valence-electron chi connectivity index (χ3n) is 3.44. The largest absolute Gasteiger partial charge is 0.314 e. The fraction of sp³-hybridized carbons (Fsp3) is 0.385. The topological polar surface area (TPSA) is 49.4 Å². The minimum Gasteiger partial charge on any atom is -0.314 e. The van der Waals surface area contributed by atoms with Crippen LogP contribution in [0.15, 0.2) is 23.1 Å². The van der Waals surface area contributed by atoms with Crippen LogP contribution in [0.5, 0.6) is 0 Å². The number of nitrogens with zero attached hydrogens (tertiary/aromatic N) is 1. The molecule has 3 rings (SSSR count). The van der Waals surface area contributed by atoms with Gasteiger partial charge in [-0.15, -0.1) is 23.7 Å². The number of benzene rings is 1. The van der Waals surface area contributed by atoms with Crippen LogP contribution in [0.2, 0.25) is 5.02 Å². The lowest BCUT2D eigenvalue weighted by atomic mass is 10.2. The van der Waals surface area contributed by atoms with Crippen LogP contribution in [0.25, 0.3) is 10.1 Å². The van der Waals surface area contributed by atoms with Gasteiger partial charge in [0.15, 0.2) is 0 Å². The van der Waals surface area contributed by atoms with Crippen molar-refractivity contribution >= 4 is 55.5 Å². The van der Waals surface area contributed by atoms with E-state index >= 15 is 0 Å². The highest BCUT2D eigenvalue weighted by Gasteiger charge is 2.30. The number of sulfonamides is 1. The molecule has 0 amide bonds. The first-order valence-corrected chi connectivity index (χ1v) is 9.03. The Labute approximate surface area is 139 Å². The predicted octanol–water partition coefficient (Wildman–Crippen LogP) is 2.88. The van der Waals surface area contributed by atoms with E-state index < -0.39 is 10.0 Å². The standard InChI is InChI=1S/C13H15ClN2O2S2.ClH/c1-9-13(11-8-10(14)2-3-12(11)19-9)20(17,18)16-6-4-15-5-7-16;/h2-3,8,15H,4-7H2,1H3;1H. The first-order valence-electron chi connectivity index (χ1n) is 6.39. The molecule has 2 heterocycles. The summed E-state index contributed by atoms with van der Waals surface area (Å²) in [7, 11) is -3.45. The second kappa shape index (κ2) is 6.40. The summed E-state index contributed by atoms with van der Waals surface area (Å²) >= 11 is 7.52. The van der Waals surface area contributed by atoms with Gasteiger partial charge in [0, 0.05) is 46.2 Å². The van der Waals surface area contributed by atoms with Crippen molar-refractivity contribution in [1.82, 2.24) is 9.62 Å². The molecule has 0 aliphatic carbocycles. The summed E-state index contributed by atoms with van der Waals surface area (Å²) in [4.78, 5) is 1.24. The zero-order valence-electron chi connectivity index (χ0n) is 11.4. The maximum absolute atomic E-state index is 12.9. The average molecular weight is 367 g/mol. The number of hydrogen-bond donors (Lipinski definition) is 1. The number of rotatable bonds is 2. The van der Waals surface area contributed by atoms with Gasteiger partial charge in [0.25, 0.3) is 0 Å². The van der Waals surface area contributed by atoms with Crippen LogP contribution in [0.4, 0.5) is 0 Å². The zero-order chi connectivity index (χ0) is 14.3. The maximum Gasteiger partial charge on any atom is 0.244 e. The Morgan fingerprint density at radius 3 is 2.62 bits per heavy atom. The van der Waals surface area contributed by atoms with Crippen LogP contribution in [0, 0.1) is 6.92 Å². The van der Waals surface area contributed by atoms with Gasteiger partial charge in [-0.05, 0) is 25.1 Å². The molecule has 0 bridgehead atoms. The van der Waals surface area contributed by atoms with Gasteiger partial charge >= 0.3 is 0 Å². The summed E-state index contributed by atoms with van der Waals surface area (Å²) in [6.45, 7) is 4.27. The number of aryl methyl sites for hydroxylation is 1. The third kappa shape index (κ3) is 3.06. The summed E-state index contributed by atoms with van der Waals surface area (Å²) in [5.41, 5.74) is 0. The molecule has 2 aromatic rings. The SMILES string of the molecule is Cc1sc2ccc(Cl)cc2c1S(=O)(=O)N1CCNCC1.Cl. The third-order valence-corrected chi connectivity index (χ3v) is 6.98. The van der Waals surface area contributed by atoms with Crippen LogP contribution >= 0.6 is 35.3 Å². The number of nitrogens with one attached hydrogen (secondary N) is 1. The number of hydrogen-bond acceptors (Lipinski definition) is 4. The Morgan fingerprint density at radius 1 is 1.29 bits per heavy atom. The molecule has 0 unspecified atom stereocenters. The smallest absolute Gasteiger partial charge is 0.244 e. The van der Waals surface area contributed by atoms with E-state index in [9.17, 15) is 8.42 Å². The second-order valence-corrected chi connectivity index (χ2v) is 8.35. The van der Waals surface area contributed by atoms with Crippen molar-refractivity contribution in [3.8, 4) is 0 Å². The van der Waals surface area contributed by atoms with E-state index in [-0.39, 0.29) is 12.4 Å². The highest BCUT2D eigenvalue weighted by atomic mass is 35.5. The number of fused-ring (bicyclic) bond motifs is 1. The van der Waals surface area contributed by atoms with Crippen LogP contribution in [-0.4, -0.2) is 38.9 Å². The van der Waals surface area contributed by atoms with Crippen molar-refractivity contribution in [2.75, 3.05) is 26.2 Å². The van der Waals surface area contributed by atoms with Crippen LogP contribution in [0.3, 0.4) is 0 Å². The van der Waals surface area contributed by atoms with Gasteiger partial charge in [-0.3, -0.25) is 0 Å². The molecule has 0 radical (unpaired) electrons. The predicted molar refractivity (Wildman–Crippen MR) is 90.4 cm³/mol. The normalized spacial score (nSPS) is 16.9. The molecule has 8 heteroatoms. The van der Waals surface area contributed by atoms with Crippen molar-refractivity contribution in [2.24, 2.45) is 0 Å². The molecular weight excluding hydrogens is 351 g/mol. The van der Waals surface area contributed by atoms with E-state index in [0.717, 1.165) is 15.0 Å². The molecule has 1 saturated heterocycles. The Morgan fingerprint density at radius 2 is 1.95 bits per heavy atom. The van der Waals surface area contributed by atoms with Crippen LogP contribution in [-0.2, 0) is 10.0 Å². The Hall–Kier alpha value is -0.370. The van der Waals surface area contributed by atoms with Gasteiger partial charge in [0.05, 0.1) is 0 Å². The molecule has 1 N–H and O–H groups in total. The fourth-order valence-electron chi connectivity index (χ4n) is 2.50. The van der Waals surface area contributed by atoms with E-state index in [1.807, 2.05) is 13.0 Å². The Bertz CT molecular complexity index is 753. The van der Waals surface area contributed by atoms with Gasteiger partial charge in [-0.1, -0.05) is 11.6 Å². The minimum atomic E-state index is -3.45. The maximum atomic E-state index is 12.9. The molecule has 21 heavy (non-hydrogen) atoms. The van der Waals surface area contributed by atoms with E-state index in [1.54, 1.807) is 16.4 Å². The molecule has 1 aromatic heterocycles. The first-order chi connectivity index (χ1) is 9.50. The van der Waals surface area contributed by atoms with Crippen LogP contribution in [0.1, 0.15) is 4.88 Å². The molecule has 1 aliphatic rings. The van der Waals surface area contributed by atoms with E-state index in [4.69, 9.17) is 11.6 Å². The van der Waals surface area contributed by atoms with Crippen molar-refractivity contribution < 1.29 is 8.42 Å². The molecule has 1 aliphatic heterocycles. The molecule has 0 saturated carbocycles. The summed E-state index contributed by atoms with van der Waals surface area (Å²) in [5.74, 6) is 0. The second-order valence-electron chi connectivity index (χ2n) is 4.78. The molecule has 1 fully saturated rings. The van der Waals surface area contributed by atoms with Gasteiger partial charge in [-0.25, -0.2) is 8.42 Å². The van der Waals surface area contributed by atoms with Gasteiger partial charge in [0.2, 0.25) is 10.0 Å². The molecular formula is C13H16Cl2N2O2S2. The molecule has 1 aromatic carbocycles. The lowest BCUT2D eigenvalue weighted by Crippen LogP contribution is -2.46. The molecule has 0 atom stereocenters. The molecule has 0 spiro atoms. The Kier molecular flexibility index (Phi) is 5.18. The first kappa shape index (κ1) is 17.0. The van der Waals surface area contributed by atoms with Crippen molar-refractivity contribution in [3.63, 3.8) is 0 Å². The highest BCUT2D eigenvalue weighted by Crippen LogP contribution is 2.37. The summed E-state index contributed by atoms with van der Waals surface area (Å²) < 4.78 is 28.2. The van der Waals surface area contributed by atoms with Crippen molar-refractivity contribution in [2.45, 2.75) is 11.8 Å². The van der Waals surface area contributed by atoms with Crippen LogP contribution < -0.4 is 5.32 Å². The van der Waals surface area contributed by atoms with Gasteiger partial charge in [0.1, 0.15) is 4.90 Å². The van der Waals surface area contributed by atoms with Crippen molar-refractivity contribution in [1.29, 1.82) is 0 Å². The summed E-state index contributed by atoms with van der Waals surface area (Å²) in [6.07, 6.45) is 0. The number of halogens is 2. The summed E-state index contributed by atoms with van der Waals surface area (Å²) in [5, 5.41) is 4.47. The number of thiophene rings is 1. The fourth-order valence-corrected chi connectivity index (χ4v) is 5.85.